The molecule has 0 amide bonds. The summed E-state index contributed by atoms with van der Waals surface area (Å²) in [5.41, 5.74) is 4.04. The van der Waals surface area contributed by atoms with Crippen LogP contribution in [0.5, 0.6) is 0 Å². The maximum Gasteiger partial charge on any atom is 0.151 e. The van der Waals surface area contributed by atoms with E-state index < -0.39 is 0 Å². The Morgan fingerprint density at radius 2 is 1.36 bits per heavy atom. The van der Waals surface area contributed by atoms with E-state index in [1.807, 2.05) is 72.8 Å². The molecule has 0 bridgehead atoms. The van der Waals surface area contributed by atoms with Crippen molar-refractivity contribution in [3.63, 3.8) is 0 Å². The van der Waals surface area contributed by atoms with Gasteiger partial charge in [0.25, 0.3) is 0 Å². The van der Waals surface area contributed by atoms with Crippen molar-refractivity contribution >= 4 is 12.1 Å². The number of nitrogens with zero attached hydrogens (tertiary/aromatic N) is 1. The normalized spacial score (nSPS) is 10.7. The minimum Gasteiger partial charge on any atom is -0.282 e. The van der Waals surface area contributed by atoms with Gasteiger partial charge >= 0.3 is 0 Å². The Morgan fingerprint density at radius 3 is 2.09 bits per heavy atom. The summed E-state index contributed by atoms with van der Waals surface area (Å²) in [5, 5.41) is 8.14. The van der Waals surface area contributed by atoms with Crippen LogP contribution in [-0.4, -0.2) is 12.1 Å². The van der Waals surface area contributed by atoms with Gasteiger partial charge < -0.3 is 0 Å². The number of benzene rings is 3. The van der Waals surface area contributed by atoms with Crippen LogP contribution >= 0.6 is 0 Å². The van der Waals surface area contributed by atoms with Crippen LogP contribution in [0.2, 0.25) is 0 Å². The first-order chi connectivity index (χ1) is 10.8. The monoisotopic (exact) mass is 284 g/mol. The summed E-state index contributed by atoms with van der Waals surface area (Å²) in [6.45, 7) is 0. The fourth-order valence-electron chi connectivity index (χ4n) is 2.23. The molecule has 22 heavy (non-hydrogen) atoms. The van der Waals surface area contributed by atoms with Gasteiger partial charge in [0, 0.05) is 11.8 Å². The molecule has 3 aromatic rings. The van der Waals surface area contributed by atoms with Gasteiger partial charge in [0.15, 0.2) is 5.84 Å². The number of rotatable bonds is 3. The quantitative estimate of drug-likeness (QED) is 0.530. The van der Waals surface area contributed by atoms with E-state index in [-0.39, 0.29) is 5.84 Å². The maximum atomic E-state index is 8.14. The molecule has 0 atom stereocenters. The van der Waals surface area contributed by atoms with Crippen molar-refractivity contribution in [3.05, 3.63) is 96.1 Å². The minimum absolute atomic E-state index is 0.265. The molecular formula is C20H16N2. The molecule has 0 aromatic heterocycles. The van der Waals surface area contributed by atoms with Gasteiger partial charge in [0.2, 0.25) is 0 Å². The number of nitrogens with one attached hydrogen (secondary N) is 1. The SMILES string of the molecule is N=C(N=Cc1ccccc1)c1cccc(-c2ccccc2)c1. The third-order valence-corrected chi connectivity index (χ3v) is 3.39. The molecule has 0 heterocycles. The zero-order chi connectivity index (χ0) is 15.2. The standard InChI is InChI=1S/C20H16N2/c21-20(22-15-16-8-3-1-4-9-16)19-13-7-12-18(14-19)17-10-5-2-6-11-17/h1-15,21H. The molecule has 2 heteroatoms. The van der Waals surface area contributed by atoms with Gasteiger partial charge in [0.1, 0.15) is 0 Å². The number of hydrogen-bond donors (Lipinski definition) is 1. The van der Waals surface area contributed by atoms with Gasteiger partial charge in [0.05, 0.1) is 0 Å². The van der Waals surface area contributed by atoms with Crippen LogP contribution in [0.3, 0.4) is 0 Å². The average Bonchev–Trinajstić information content (AvgIpc) is 2.61. The summed E-state index contributed by atoms with van der Waals surface area (Å²) >= 11 is 0. The lowest BCUT2D eigenvalue weighted by atomic mass is 10.0. The first-order valence-corrected chi connectivity index (χ1v) is 7.16. The van der Waals surface area contributed by atoms with E-state index in [0.29, 0.717) is 0 Å². The van der Waals surface area contributed by atoms with Gasteiger partial charge in [-0.05, 0) is 22.8 Å². The van der Waals surface area contributed by atoms with Crippen LogP contribution < -0.4 is 0 Å². The molecule has 0 aliphatic heterocycles. The topological polar surface area (TPSA) is 36.2 Å². The molecule has 2 nitrogen and oxygen atoms in total. The predicted molar refractivity (Wildman–Crippen MR) is 92.7 cm³/mol. The molecule has 0 aliphatic carbocycles. The predicted octanol–water partition coefficient (Wildman–Crippen LogP) is 4.80. The second kappa shape index (κ2) is 6.64. The molecule has 1 N–H and O–H groups in total. The van der Waals surface area contributed by atoms with E-state index >= 15 is 0 Å². The first-order valence-electron chi connectivity index (χ1n) is 7.16. The lowest BCUT2D eigenvalue weighted by Crippen LogP contribution is -1.96. The minimum atomic E-state index is 0.265. The van der Waals surface area contributed by atoms with Crippen LogP contribution in [-0.2, 0) is 0 Å². The summed E-state index contributed by atoms with van der Waals surface area (Å²) in [5.74, 6) is 0.265. The van der Waals surface area contributed by atoms with Gasteiger partial charge in [-0.25, -0.2) is 4.99 Å². The van der Waals surface area contributed by atoms with Crippen molar-refractivity contribution in [2.75, 3.05) is 0 Å². The van der Waals surface area contributed by atoms with Crippen LogP contribution in [0.4, 0.5) is 0 Å². The van der Waals surface area contributed by atoms with Gasteiger partial charge in [-0.1, -0.05) is 78.9 Å². The third-order valence-electron chi connectivity index (χ3n) is 3.39. The van der Waals surface area contributed by atoms with Gasteiger partial charge in [-0.2, -0.15) is 0 Å². The summed E-state index contributed by atoms with van der Waals surface area (Å²) in [6.07, 6.45) is 1.72. The fourth-order valence-corrected chi connectivity index (χ4v) is 2.23. The van der Waals surface area contributed by atoms with Crippen LogP contribution in [0, 0.1) is 5.41 Å². The molecule has 3 aromatic carbocycles. The maximum absolute atomic E-state index is 8.14. The van der Waals surface area contributed by atoms with E-state index in [0.717, 1.165) is 22.3 Å². The highest BCUT2D eigenvalue weighted by atomic mass is 14.8. The molecular weight excluding hydrogens is 268 g/mol. The van der Waals surface area contributed by atoms with Crippen LogP contribution in [0.25, 0.3) is 11.1 Å². The third kappa shape index (κ3) is 3.36. The van der Waals surface area contributed by atoms with E-state index in [1.165, 1.54) is 0 Å². The Bertz CT molecular complexity index is 790. The zero-order valence-electron chi connectivity index (χ0n) is 12.1. The second-order valence-corrected chi connectivity index (χ2v) is 4.96. The van der Waals surface area contributed by atoms with Crippen molar-refractivity contribution < 1.29 is 0 Å². The molecule has 0 aliphatic rings. The Kier molecular flexibility index (Phi) is 4.21. The number of hydrogen-bond acceptors (Lipinski definition) is 1. The zero-order valence-corrected chi connectivity index (χ0v) is 12.1. The molecule has 0 spiro atoms. The lowest BCUT2D eigenvalue weighted by molar-refractivity contribution is 1.42. The summed E-state index contributed by atoms with van der Waals surface area (Å²) in [6, 6.07) is 27.9. The molecule has 0 saturated heterocycles. The smallest absolute Gasteiger partial charge is 0.151 e. The molecule has 3 rings (SSSR count). The van der Waals surface area contributed by atoms with E-state index in [9.17, 15) is 0 Å². The van der Waals surface area contributed by atoms with Crippen molar-refractivity contribution in [1.29, 1.82) is 5.41 Å². The van der Waals surface area contributed by atoms with Crippen LogP contribution in [0.15, 0.2) is 89.9 Å². The van der Waals surface area contributed by atoms with E-state index in [2.05, 4.69) is 17.1 Å². The Hall–Kier alpha value is -3.00. The number of aliphatic imine (C=N–C) groups is 1. The summed E-state index contributed by atoms with van der Waals surface area (Å²) in [7, 11) is 0. The van der Waals surface area contributed by atoms with Crippen LogP contribution in [0.1, 0.15) is 11.1 Å². The Labute approximate surface area is 130 Å². The molecule has 0 fully saturated rings. The first kappa shape index (κ1) is 14.0. The van der Waals surface area contributed by atoms with E-state index in [1.54, 1.807) is 6.21 Å². The Balaban J connectivity index is 1.83. The van der Waals surface area contributed by atoms with Gasteiger partial charge in [-0.3, -0.25) is 5.41 Å². The molecule has 106 valence electrons. The Morgan fingerprint density at radius 1 is 0.727 bits per heavy atom. The lowest BCUT2D eigenvalue weighted by Gasteiger charge is -2.04. The van der Waals surface area contributed by atoms with Crippen molar-refractivity contribution in [2.24, 2.45) is 4.99 Å². The highest BCUT2D eigenvalue weighted by Gasteiger charge is 2.02. The number of amidine groups is 1. The average molecular weight is 284 g/mol. The van der Waals surface area contributed by atoms with Crippen molar-refractivity contribution in [3.8, 4) is 11.1 Å². The van der Waals surface area contributed by atoms with Crippen molar-refractivity contribution in [1.82, 2.24) is 0 Å². The highest BCUT2D eigenvalue weighted by Crippen LogP contribution is 2.20. The molecule has 0 unspecified atom stereocenters. The largest absolute Gasteiger partial charge is 0.282 e. The summed E-state index contributed by atoms with van der Waals surface area (Å²) in [4.78, 5) is 4.26. The van der Waals surface area contributed by atoms with Gasteiger partial charge in [-0.15, -0.1) is 0 Å². The second-order valence-electron chi connectivity index (χ2n) is 4.96. The molecule has 0 saturated carbocycles. The van der Waals surface area contributed by atoms with Crippen molar-refractivity contribution in [2.45, 2.75) is 0 Å². The summed E-state index contributed by atoms with van der Waals surface area (Å²) < 4.78 is 0. The van der Waals surface area contributed by atoms with E-state index in [4.69, 9.17) is 5.41 Å². The fraction of sp³-hybridized carbons (Fsp3) is 0. The highest BCUT2D eigenvalue weighted by molar-refractivity contribution is 6.03. The molecule has 0 radical (unpaired) electrons.